The summed E-state index contributed by atoms with van der Waals surface area (Å²) >= 11 is 0. The highest BCUT2D eigenvalue weighted by Crippen LogP contribution is 2.54. The molecule has 1 heteroatoms. The average molecular weight is 195 g/mol. The van der Waals surface area contributed by atoms with Crippen LogP contribution in [0.1, 0.15) is 47.0 Å². The summed E-state index contributed by atoms with van der Waals surface area (Å²) in [7, 11) is 0. The molecule has 1 saturated carbocycles. The smallest absolute Gasteiger partial charge is 0.0138 e. The zero-order chi connectivity index (χ0) is 10.8. The van der Waals surface area contributed by atoms with Crippen LogP contribution in [0.25, 0.3) is 0 Å². The third kappa shape index (κ3) is 3.13. The second-order valence-corrected chi connectivity index (χ2v) is 5.52. The molecule has 0 aromatic carbocycles. The van der Waals surface area contributed by atoms with Gasteiger partial charge in [0, 0.05) is 6.04 Å². The Bertz CT molecular complexity index is 205. The van der Waals surface area contributed by atoms with Crippen molar-refractivity contribution in [2.75, 3.05) is 6.54 Å². The van der Waals surface area contributed by atoms with E-state index in [1.807, 2.05) is 0 Å². The minimum Gasteiger partial charge on any atom is -0.313 e. The molecular weight excluding hydrogens is 170 g/mol. The van der Waals surface area contributed by atoms with Gasteiger partial charge in [0.15, 0.2) is 0 Å². The molecule has 2 atom stereocenters. The molecular formula is C13H25N. The van der Waals surface area contributed by atoms with E-state index in [1.165, 1.54) is 18.4 Å². The van der Waals surface area contributed by atoms with Crippen molar-refractivity contribution in [2.45, 2.75) is 53.0 Å². The van der Waals surface area contributed by atoms with E-state index in [9.17, 15) is 0 Å². The van der Waals surface area contributed by atoms with Crippen molar-refractivity contribution in [1.82, 2.24) is 5.32 Å². The van der Waals surface area contributed by atoms with Gasteiger partial charge >= 0.3 is 0 Å². The van der Waals surface area contributed by atoms with E-state index in [1.54, 1.807) is 0 Å². The fourth-order valence-electron chi connectivity index (χ4n) is 2.26. The van der Waals surface area contributed by atoms with Gasteiger partial charge < -0.3 is 5.32 Å². The van der Waals surface area contributed by atoms with Crippen molar-refractivity contribution in [3.05, 3.63) is 12.2 Å². The normalized spacial score (nSPS) is 25.9. The molecule has 82 valence electrons. The summed E-state index contributed by atoms with van der Waals surface area (Å²) in [4.78, 5) is 0. The second kappa shape index (κ2) is 4.48. The van der Waals surface area contributed by atoms with Gasteiger partial charge in [-0.3, -0.25) is 0 Å². The predicted molar refractivity (Wildman–Crippen MR) is 63.4 cm³/mol. The number of hydrogen-bond acceptors (Lipinski definition) is 1. The maximum atomic E-state index is 4.02. The van der Waals surface area contributed by atoms with E-state index in [-0.39, 0.29) is 0 Å². The zero-order valence-corrected chi connectivity index (χ0v) is 10.2. The molecule has 0 amide bonds. The van der Waals surface area contributed by atoms with Crippen molar-refractivity contribution >= 4 is 0 Å². The third-order valence-corrected chi connectivity index (χ3v) is 3.30. The molecule has 0 saturated heterocycles. The van der Waals surface area contributed by atoms with Crippen LogP contribution in [-0.2, 0) is 0 Å². The highest BCUT2D eigenvalue weighted by Gasteiger charge is 2.49. The number of rotatable bonds is 6. The standard InChI is InChI=1S/C13H25N/c1-6-7-14-12(8-10(2)3)11-9-13(11,4)5/h11-12,14H,2,6-9H2,1,3-5H3. The van der Waals surface area contributed by atoms with Gasteiger partial charge in [0.05, 0.1) is 0 Å². The fourth-order valence-corrected chi connectivity index (χ4v) is 2.26. The van der Waals surface area contributed by atoms with Crippen LogP contribution >= 0.6 is 0 Å². The zero-order valence-electron chi connectivity index (χ0n) is 10.2. The number of hydrogen-bond donors (Lipinski definition) is 1. The van der Waals surface area contributed by atoms with Crippen molar-refractivity contribution in [3.63, 3.8) is 0 Å². The Morgan fingerprint density at radius 2 is 2.14 bits per heavy atom. The van der Waals surface area contributed by atoms with Gasteiger partial charge in [-0.05, 0) is 44.1 Å². The molecule has 0 bridgehead atoms. The largest absolute Gasteiger partial charge is 0.313 e. The molecule has 14 heavy (non-hydrogen) atoms. The molecule has 1 nitrogen and oxygen atoms in total. The lowest BCUT2D eigenvalue weighted by atomic mass is 9.98. The Kier molecular flexibility index (Phi) is 3.77. The van der Waals surface area contributed by atoms with Gasteiger partial charge in [-0.2, -0.15) is 0 Å². The van der Waals surface area contributed by atoms with Gasteiger partial charge in [-0.15, -0.1) is 6.58 Å². The molecule has 0 heterocycles. The highest BCUT2D eigenvalue weighted by atomic mass is 14.9. The Morgan fingerprint density at radius 1 is 1.57 bits per heavy atom. The summed E-state index contributed by atoms with van der Waals surface area (Å²) in [6.45, 7) is 14.3. The topological polar surface area (TPSA) is 12.0 Å². The molecule has 1 rings (SSSR count). The monoisotopic (exact) mass is 195 g/mol. The Hall–Kier alpha value is -0.300. The Balaban J connectivity index is 2.42. The highest BCUT2D eigenvalue weighted by molar-refractivity contribution is 5.06. The first-order valence-electron chi connectivity index (χ1n) is 5.85. The number of nitrogens with one attached hydrogen (secondary N) is 1. The molecule has 0 aliphatic heterocycles. The molecule has 1 fully saturated rings. The summed E-state index contributed by atoms with van der Waals surface area (Å²) in [5.74, 6) is 0.866. The summed E-state index contributed by atoms with van der Waals surface area (Å²) in [5.41, 5.74) is 1.88. The van der Waals surface area contributed by atoms with Crippen molar-refractivity contribution in [2.24, 2.45) is 11.3 Å². The maximum Gasteiger partial charge on any atom is 0.0138 e. The second-order valence-electron chi connectivity index (χ2n) is 5.52. The van der Waals surface area contributed by atoms with Gasteiger partial charge in [0.1, 0.15) is 0 Å². The van der Waals surface area contributed by atoms with Crippen LogP contribution in [-0.4, -0.2) is 12.6 Å². The van der Waals surface area contributed by atoms with Gasteiger partial charge in [0.2, 0.25) is 0 Å². The van der Waals surface area contributed by atoms with Crippen LogP contribution in [0.4, 0.5) is 0 Å². The third-order valence-electron chi connectivity index (χ3n) is 3.30. The van der Waals surface area contributed by atoms with E-state index in [4.69, 9.17) is 0 Å². The van der Waals surface area contributed by atoms with Gasteiger partial charge in [-0.25, -0.2) is 0 Å². The molecule has 2 unspecified atom stereocenters. The lowest BCUT2D eigenvalue weighted by Gasteiger charge is -2.20. The first kappa shape index (κ1) is 11.8. The molecule has 0 aromatic heterocycles. The van der Waals surface area contributed by atoms with E-state index in [2.05, 4.69) is 39.6 Å². The first-order chi connectivity index (χ1) is 6.47. The predicted octanol–water partition coefficient (Wildman–Crippen LogP) is 3.37. The minimum atomic E-state index is 0.570. The Labute approximate surface area is 89.0 Å². The molecule has 1 aliphatic carbocycles. The summed E-state index contributed by atoms with van der Waals surface area (Å²) in [6, 6.07) is 0.669. The van der Waals surface area contributed by atoms with Crippen LogP contribution in [0, 0.1) is 11.3 Å². The van der Waals surface area contributed by atoms with Crippen LogP contribution in [0.2, 0.25) is 0 Å². The van der Waals surface area contributed by atoms with Crippen molar-refractivity contribution in [3.8, 4) is 0 Å². The van der Waals surface area contributed by atoms with Crippen LogP contribution in [0.5, 0.6) is 0 Å². The van der Waals surface area contributed by atoms with E-state index in [0.29, 0.717) is 11.5 Å². The molecule has 0 aromatic rings. The lowest BCUT2D eigenvalue weighted by Crippen LogP contribution is -2.33. The van der Waals surface area contributed by atoms with Gasteiger partial charge in [-0.1, -0.05) is 26.3 Å². The van der Waals surface area contributed by atoms with Crippen LogP contribution in [0.3, 0.4) is 0 Å². The molecule has 0 radical (unpaired) electrons. The molecule has 1 aliphatic rings. The average Bonchev–Trinajstić information content (AvgIpc) is 2.68. The quantitative estimate of drug-likeness (QED) is 0.641. The van der Waals surface area contributed by atoms with Crippen molar-refractivity contribution in [1.29, 1.82) is 0 Å². The Morgan fingerprint density at radius 3 is 2.50 bits per heavy atom. The lowest BCUT2D eigenvalue weighted by molar-refractivity contribution is 0.402. The van der Waals surface area contributed by atoms with Crippen LogP contribution in [0.15, 0.2) is 12.2 Å². The first-order valence-corrected chi connectivity index (χ1v) is 5.85. The fraction of sp³-hybridized carbons (Fsp3) is 0.846. The van der Waals surface area contributed by atoms with Gasteiger partial charge in [0.25, 0.3) is 0 Å². The SMILES string of the molecule is C=C(C)CC(NCCC)C1CC1(C)C. The van der Waals surface area contributed by atoms with Crippen molar-refractivity contribution < 1.29 is 0 Å². The van der Waals surface area contributed by atoms with E-state index in [0.717, 1.165) is 18.9 Å². The summed E-state index contributed by atoms with van der Waals surface area (Å²) < 4.78 is 0. The minimum absolute atomic E-state index is 0.570. The van der Waals surface area contributed by atoms with Crippen LogP contribution < -0.4 is 5.32 Å². The van der Waals surface area contributed by atoms with E-state index < -0.39 is 0 Å². The summed E-state index contributed by atoms with van der Waals surface area (Å²) in [6.07, 6.45) is 3.75. The maximum absolute atomic E-state index is 4.02. The molecule has 1 N–H and O–H groups in total. The summed E-state index contributed by atoms with van der Waals surface area (Å²) in [5, 5.41) is 3.66. The van der Waals surface area contributed by atoms with E-state index >= 15 is 0 Å². The molecule has 0 spiro atoms.